The Labute approximate surface area is 345 Å². The molecular weight excluding hydrogens is 733 g/mol. The van der Waals surface area contributed by atoms with E-state index < -0.39 is 0 Å². The van der Waals surface area contributed by atoms with E-state index in [-0.39, 0.29) is 0 Å². The molecule has 8 aromatic carbocycles. The molecule has 5 heteroatoms. The fraction of sp³-hybridized carbons (Fsp3) is 0. The number of nitrogens with zero attached hydrogens (tertiary/aromatic N) is 4. The number of hydrogen-bond acceptors (Lipinski definition) is 4. The minimum absolute atomic E-state index is 0.681. The minimum Gasteiger partial charge on any atom is -0.456 e. The van der Waals surface area contributed by atoms with Crippen molar-refractivity contribution in [2.75, 3.05) is 0 Å². The molecule has 0 spiro atoms. The third kappa shape index (κ3) is 5.52. The van der Waals surface area contributed by atoms with Crippen molar-refractivity contribution in [3.63, 3.8) is 0 Å². The summed E-state index contributed by atoms with van der Waals surface area (Å²) in [5.74, 6) is 0.681. The van der Waals surface area contributed by atoms with Crippen LogP contribution in [0, 0.1) is 0 Å². The zero-order valence-corrected chi connectivity index (χ0v) is 32.3. The molecule has 0 aliphatic rings. The van der Waals surface area contributed by atoms with Gasteiger partial charge in [-0.15, -0.1) is 0 Å². The maximum Gasteiger partial charge on any atom is 0.160 e. The van der Waals surface area contributed by atoms with E-state index in [1.54, 1.807) is 0 Å². The molecule has 0 atom stereocenters. The van der Waals surface area contributed by atoms with Gasteiger partial charge >= 0.3 is 0 Å². The van der Waals surface area contributed by atoms with Crippen LogP contribution in [0.3, 0.4) is 0 Å². The smallest absolute Gasteiger partial charge is 0.160 e. The Morgan fingerprint density at radius 3 is 1.72 bits per heavy atom. The van der Waals surface area contributed by atoms with Crippen LogP contribution in [-0.4, -0.2) is 19.5 Å². The average molecular weight is 767 g/mol. The molecule has 0 saturated heterocycles. The summed E-state index contributed by atoms with van der Waals surface area (Å²) in [6, 6.07) is 71.9. The second kappa shape index (κ2) is 13.8. The Hall–Kier alpha value is -8.15. The van der Waals surface area contributed by atoms with Crippen LogP contribution in [0.1, 0.15) is 0 Å². The fourth-order valence-electron chi connectivity index (χ4n) is 8.83. The molecule has 0 saturated carbocycles. The minimum atomic E-state index is 0.681. The largest absolute Gasteiger partial charge is 0.456 e. The highest BCUT2D eigenvalue weighted by molar-refractivity contribution is 6.22. The summed E-state index contributed by atoms with van der Waals surface area (Å²) in [6.07, 6.45) is 0. The molecule has 0 amide bonds. The second-order valence-electron chi connectivity index (χ2n) is 15.1. The van der Waals surface area contributed by atoms with Gasteiger partial charge in [-0.3, -0.25) is 0 Å². The molecule has 0 fully saturated rings. The first-order valence-corrected chi connectivity index (χ1v) is 20.2. The number of pyridine rings is 1. The molecule has 0 N–H and O–H groups in total. The van der Waals surface area contributed by atoms with Crippen LogP contribution >= 0.6 is 0 Å². The average Bonchev–Trinajstić information content (AvgIpc) is 3.89. The summed E-state index contributed by atoms with van der Waals surface area (Å²) < 4.78 is 8.59. The van der Waals surface area contributed by atoms with E-state index in [1.165, 1.54) is 5.39 Å². The van der Waals surface area contributed by atoms with Crippen molar-refractivity contribution in [2.45, 2.75) is 0 Å². The van der Waals surface area contributed by atoms with Gasteiger partial charge in [0.25, 0.3) is 0 Å². The van der Waals surface area contributed by atoms with E-state index in [0.29, 0.717) is 5.82 Å². The van der Waals surface area contributed by atoms with E-state index in [1.807, 2.05) is 36.4 Å². The predicted molar refractivity (Wildman–Crippen MR) is 246 cm³/mol. The van der Waals surface area contributed by atoms with E-state index >= 15 is 0 Å². The number of benzene rings is 8. The van der Waals surface area contributed by atoms with Crippen molar-refractivity contribution >= 4 is 54.6 Å². The topological polar surface area (TPSA) is 56.7 Å². The third-order valence-corrected chi connectivity index (χ3v) is 11.6. The summed E-state index contributed by atoms with van der Waals surface area (Å²) >= 11 is 0. The van der Waals surface area contributed by atoms with E-state index in [2.05, 4.69) is 174 Å². The molecule has 280 valence electrons. The summed E-state index contributed by atoms with van der Waals surface area (Å²) in [7, 11) is 0. The third-order valence-electron chi connectivity index (χ3n) is 11.6. The molecule has 5 nitrogen and oxygen atoms in total. The van der Waals surface area contributed by atoms with Gasteiger partial charge in [0.15, 0.2) is 5.82 Å². The highest BCUT2D eigenvalue weighted by Gasteiger charge is 2.21. The number of fused-ring (bicyclic) bond motifs is 8. The summed E-state index contributed by atoms with van der Waals surface area (Å²) in [5.41, 5.74) is 15.1. The van der Waals surface area contributed by atoms with Crippen molar-refractivity contribution in [2.24, 2.45) is 0 Å². The lowest BCUT2D eigenvalue weighted by Crippen LogP contribution is -1.98. The SMILES string of the molecule is c1ccc(-c2nc(-c3ccc(-c4cccc5oc6ccccc6c45)cc3)cc(-c3ccc(-n4c5ccccc5c5c(-c6ccccc6)nc6ccccc6c54)cc3)n2)cc1. The Bertz CT molecular complexity index is 3570. The van der Waals surface area contributed by atoms with Crippen molar-refractivity contribution < 1.29 is 4.42 Å². The zero-order chi connectivity index (χ0) is 39.6. The van der Waals surface area contributed by atoms with Gasteiger partial charge < -0.3 is 8.98 Å². The van der Waals surface area contributed by atoms with E-state index in [9.17, 15) is 0 Å². The lowest BCUT2D eigenvalue weighted by atomic mass is 9.97. The van der Waals surface area contributed by atoms with Gasteiger partial charge in [-0.05, 0) is 53.6 Å². The molecule has 0 bridgehead atoms. The predicted octanol–water partition coefficient (Wildman–Crippen LogP) is 14.4. The number of hydrogen-bond donors (Lipinski definition) is 0. The van der Waals surface area contributed by atoms with E-state index in [4.69, 9.17) is 19.4 Å². The van der Waals surface area contributed by atoms with Gasteiger partial charge in [-0.25, -0.2) is 15.0 Å². The van der Waals surface area contributed by atoms with Crippen LogP contribution in [0.4, 0.5) is 0 Å². The lowest BCUT2D eigenvalue weighted by Gasteiger charge is -2.13. The van der Waals surface area contributed by atoms with Crippen LogP contribution in [0.15, 0.2) is 211 Å². The Balaban J connectivity index is 0.985. The second-order valence-corrected chi connectivity index (χ2v) is 15.1. The van der Waals surface area contributed by atoms with Crippen molar-refractivity contribution in [3.05, 3.63) is 206 Å². The Morgan fingerprint density at radius 2 is 0.967 bits per heavy atom. The van der Waals surface area contributed by atoms with E-state index in [0.717, 1.165) is 105 Å². The van der Waals surface area contributed by atoms with Gasteiger partial charge in [0.05, 0.1) is 33.6 Å². The zero-order valence-electron chi connectivity index (χ0n) is 32.3. The number of furan rings is 1. The highest BCUT2D eigenvalue weighted by Crippen LogP contribution is 2.42. The Kier molecular flexibility index (Phi) is 7.78. The first-order chi connectivity index (χ1) is 29.7. The molecule has 0 unspecified atom stereocenters. The summed E-state index contributed by atoms with van der Waals surface area (Å²) in [5, 5.41) is 5.67. The maximum atomic E-state index is 6.20. The van der Waals surface area contributed by atoms with Crippen LogP contribution in [0.5, 0.6) is 0 Å². The number of aromatic nitrogens is 4. The van der Waals surface area contributed by atoms with Crippen molar-refractivity contribution in [1.29, 1.82) is 0 Å². The lowest BCUT2D eigenvalue weighted by molar-refractivity contribution is 0.669. The van der Waals surface area contributed by atoms with Crippen LogP contribution < -0.4 is 0 Å². The molecule has 12 rings (SSSR count). The molecule has 0 aliphatic heterocycles. The number of rotatable bonds is 6. The molecule has 0 radical (unpaired) electrons. The Morgan fingerprint density at radius 1 is 0.383 bits per heavy atom. The van der Waals surface area contributed by atoms with Gasteiger partial charge in [-0.1, -0.05) is 164 Å². The molecule has 60 heavy (non-hydrogen) atoms. The fourth-order valence-corrected chi connectivity index (χ4v) is 8.83. The monoisotopic (exact) mass is 766 g/mol. The summed E-state index contributed by atoms with van der Waals surface area (Å²) in [4.78, 5) is 15.6. The van der Waals surface area contributed by atoms with Gasteiger partial charge in [0.2, 0.25) is 0 Å². The standard InChI is InChI=1S/C55H34N4O/c1-3-14-38(15-4-1)53-52-43-19-8-11-23-48(43)59(54(52)42-18-7-10-22-45(42)56-53)40-32-30-37(31-33-40)47-34-46(57-55(58-47)39-16-5-2-6-17-39)36-28-26-35(27-29-36)41-21-13-25-50-51(41)44-20-9-12-24-49(44)60-50/h1-34H. The normalized spacial score (nSPS) is 11.7. The molecule has 4 aromatic heterocycles. The highest BCUT2D eigenvalue weighted by atomic mass is 16.3. The number of para-hydroxylation sites is 3. The molecule has 0 aliphatic carbocycles. The van der Waals surface area contributed by atoms with Crippen molar-refractivity contribution in [3.8, 4) is 62.0 Å². The van der Waals surface area contributed by atoms with Gasteiger partial charge in [0.1, 0.15) is 11.2 Å². The van der Waals surface area contributed by atoms with Gasteiger partial charge in [0, 0.05) is 54.9 Å². The van der Waals surface area contributed by atoms with Crippen molar-refractivity contribution in [1.82, 2.24) is 19.5 Å². The maximum absolute atomic E-state index is 6.20. The molecular formula is C55H34N4O. The first-order valence-electron chi connectivity index (χ1n) is 20.2. The molecule has 12 aromatic rings. The van der Waals surface area contributed by atoms with Crippen LogP contribution in [0.25, 0.3) is 117 Å². The molecule has 4 heterocycles. The van der Waals surface area contributed by atoms with Crippen LogP contribution in [-0.2, 0) is 0 Å². The quantitative estimate of drug-likeness (QED) is 0.169. The first kappa shape index (κ1) is 33.9. The van der Waals surface area contributed by atoms with Gasteiger partial charge in [-0.2, -0.15) is 0 Å². The van der Waals surface area contributed by atoms with Crippen LogP contribution in [0.2, 0.25) is 0 Å². The summed E-state index contributed by atoms with van der Waals surface area (Å²) in [6.45, 7) is 0.